The van der Waals surface area contributed by atoms with Crippen molar-refractivity contribution in [2.75, 3.05) is 11.9 Å². The van der Waals surface area contributed by atoms with Gasteiger partial charge in [0.1, 0.15) is 5.75 Å². The van der Waals surface area contributed by atoms with Gasteiger partial charge in [-0.2, -0.15) is 0 Å². The maximum Gasteiger partial charge on any atom is 0.255 e. The largest absolute Gasteiger partial charge is 0.484 e. The number of amides is 1. The number of nitrogens with one attached hydrogen (secondary N) is 1. The fourth-order valence-electron chi connectivity index (χ4n) is 2.83. The number of rotatable bonds is 4. The predicted molar refractivity (Wildman–Crippen MR) is 94.2 cm³/mol. The highest BCUT2D eigenvalue weighted by Gasteiger charge is 2.24. The van der Waals surface area contributed by atoms with Crippen molar-refractivity contribution in [1.82, 2.24) is 9.55 Å². The number of aliphatic imine (C=N–C) groups is 1. The van der Waals surface area contributed by atoms with Gasteiger partial charge in [0.05, 0.1) is 11.0 Å². The number of carbonyl (C=O) groups is 1. The van der Waals surface area contributed by atoms with Gasteiger partial charge in [0, 0.05) is 0 Å². The Morgan fingerprint density at radius 1 is 1.20 bits per heavy atom. The molecule has 1 aromatic heterocycles. The molecule has 4 rings (SSSR count). The van der Waals surface area contributed by atoms with Gasteiger partial charge < -0.3 is 16.2 Å². The average molecular weight is 336 g/mol. The summed E-state index contributed by atoms with van der Waals surface area (Å²) in [5, 5.41) is 3.00. The molecule has 2 aromatic carbocycles. The molecule has 5 N–H and O–H groups in total. The number of benzene rings is 2. The molecule has 1 aliphatic rings. The summed E-state index contributed by atoms with van der Waals surface area (Å²) in [5.74, 6) is 0.994. The van der Waals surface area contributed by atoms with Crippen molar-refractivity contribution < 1.29 is 9.53 Å². The minimum atomic E-state index is -0.519. The predicted octanol–water partition coefficient (Wildman–Crippen LogP) is 1.19. The number of ether oxygens (including phenoxy) is 1. The van der Waals surface area contributed by atoms with Gasteiger partial charge in [-0.1, -0.05) is 24.3 Å². The van der Waals surface area contributed by atoms with Crippen LogP contribution in [0, 0.1) is 0 Å². The van der Waals surface area contributed by atoms with Crippen LogP contribution in [0.2, 0.25) is 0 Å². The Kier molecular flexibility index (Phi) is 3.50. The summed E-state index contributed by atoms with van der Waals surface area (Å²) in [4.78, 5) is 19.9. The quantitative estimate of drug-likeness (QED) is 0.661. The second kappa shape index (κ2) is 5.82. The highest BCUT2D eigenvalue weighted by atomic mass is 16.5. The third-order valence-electron chi connectivity index (χ3n) is 3.90. The molecule has 0 aliphatic carbocycles. The lowest BCUT2D eigenvalue weighted by molar-refractivity contribution is -0.119. The van der Waals surface area contributed by atoms with Gasteiger partial charge in [-0.3, -0.25) is 14.7 Å². The number of fused-ring (bicyclic) bond motifs is 3. The number of carbonyl (C=O) groups excluding carboxylic acids is 1. The van der Waals surface area contributed by atoms with E-state index in [1.807, 2.05) is 41.0 Å². The van der Waals surface area contributed by atoms with Crippen LogP contribution in [-0.4, -0.2) is 28.0 Å². The lowest BCUT2D eigenvalue weighted by atomic mass is 10.1. The molecule has 8 heteroatoms. The van der Waals surface area contributed by atoms with Crippen LogP contribution in [0.3, 0.4) is 0 Å². The Balaban J connectivity index is 1.72. The first kappa shape index (κ1) is 15.0. The SMILES string of the molecule is NC(=O)COc1ccc([C@@H]2N=C(N)Nc3nc4ccccc4n32)cc1. The summed E-state index contributed by atoms with van der Waals surface area (Å²) in [6.07, 6.45) is -0.339. The van der Waals surface area contributed by atoms with Gasteiger partial charge >= 0.3 is 0 Å². The van der Waals surface area contributed by atoms with Gasteiger partial charge in [0.25, 0.3) is 5.91 Å². The lowest BCUT2D eigenvalue weighted by Crippen LogP contribution is -2.31. The van der Waals surface area contributed by atoms with E-state index in [1.54, 1.807) is 12.1 Å². The Morgan fingerprint density at radius 2 is 1.96 bits per heavy atom. The number of hydrogen-bond acceptors (Lipinski definition) is 6. The van der Waals surface area contributed by atoms with Crippen molar-refractivity contribution in [3.8, 4) is 5.75 Å². The molecule has 126 valence electrons. The van der Waals surface area contributed by atoms with E-state index < -0.39 is 5.91 Å². The van der Waals surface area contributed by atoms with Crippen LogP contribution in [0.1, 0.15) is 11.7 Å². The molecule has 25 heavy (non-hydrogen) atoms. The summed E-state index contributed by atoms with van der Waals surface area (Å²) >= 11 is 0. The van der Waals surface area contributed by atoms with Crippen molar-refractivity contribution in [2.45, 2.75) is 6.17 Å². The van der Waals surface area contributed by atoms with E-state index in [-0.39, 0.29) is 12.8 Å². The van der Waals surface area contributed by atoms with Gasteiger partial charge in [-0.05, 0) is 29.8 Å². The average Bonchev–Trinajstić information content (AvgIpc) is 2.97. The fraction of sp³-hybridized carbons (Fsp3) is 0.118. The molecule has 3 aromatic rings. The zero-order valence-corrected chi connectivity index (χ0v) is 13.2. The minimum absolute atomic E-state index is 0.159. The number of anilines is 1. The normalized spacial score (nSPS) is 16.0. The Hall–Kier alpha value is -3.55. The molecular formula is C17H16N6O2. The fourth-order valence-corrected chi connectivity index (χ4v) is 2.83. The maximum absolute atomic E-state index is 10.8. The third-order valence-corrected chi connectivity index (χ3v) is 3.90. The van der Waals surface area contributed by atoms with Crippen molar-refractivity contribution in [2.24, 2.45) is 16.5 Å². The van der Waals surface area contributed by atoms with E-state index in [0.717, 1.165) is 16.6 Å². The molecule has 0 saturated carbocycles. The minimum Gasteiger partial charge on any atom is -0.484 e. The first-order chi connectivity index (χ1) is 12.1. The molecule has 0 radical (unpaired) electrons. The number of primary amides is 1. The van der Waals surface area contributed by atoms with Crippen LogP contribution >= 0.6 is 0 Å². The molecular weight excluding hydrogens is 320 g/mol. The van der Waals surface area contributed by atoms with Gasteiger partial charge in [0.15, 0.2) is 18.7 Å². The van der Waals surface area contributed by atoms with Crippen LogP contribution in [0.25, 0.3) is 11.0 Å². The number of hydrogen-bond donors (Lipinski definition) is 3. The summed E-state index contributed by atoms with van der Waals surface area (Å²) in [5.41, 5.74) is 13.7. The Morgan fingerprint density at radius 3 is 2.72 bits per heavy atom. The molecule has 0 bridgehead atoms. The van der Waals surface area contributed by atoms with Crippen LogP contribution in [0.15, 0.2) is 53.5 Å². The van der Waals surface area contributed by atoms with E-state index in [0.29, 0.717) is 17.7 Å². The summed E-state index contributed by atoms with van der Waals surface area (Å²) < 4.78 is 7.28. The monoisotopic (exact) mass is 336 g/mol. The van der Waals surface area contributed by atoms with E-state index in [9.17, 15) is 4.79 Å². The number of nitrogens with zero attached hydrogens (tertiary/aromatic N) is 3. The number of guanidine groups is 1. The summed E-state index contributed by atoms with van der Waals surface area (Å²) in [6, 6.07) is 15.1. The third kappa shape index (κ3) is 2.74. The molecule has 2 heterocycles. The van der Waals surface area contributed by atoms with Crippen molar-refractivity contribution in [3.63, 3.8) is 0 Å². The van der Waals surface area contributed by atoms with Crippen LogP contribution < -0.4 is 21.5 Å². The smallest absolute Gasteiger partial charge is 0.255 e. The molecule has 1 aliphatic heterocycles. The van der Waals surface area contributed by atoms with Crippen LogP contribution in [0.4, 0.5) is 5.95 Å². The Labute approximate surface area is 143 Å². The van der Waals surface area contributed by atoms with Gasteiger partial charge in [-0.25, -0.2) is 9.98 Å². The van der Waals surface area contributed by atoms with E-state index >= 15 is 0 Å². The molecule has 8 nitrogen and oxygen atoms in total. The topological polar surface area (TPSA) is 121 Å². The van der Waals surface area contributed by atoms with Crippen molar-refractivity contribution in [3.05, 3.63) is 54.1 Å². The molecule has 1 amide bonds. The zero-order chi connectivity index (χ0) is 17.4. The van der Waals surface area contributed by atoms with Crippen LogP contribution in [0.5, 0.6) is 5.75 Å². The Bertz CT molecular complexity index is 976. The first-order valence-corrected chi connectivity index (χ1v) is 7.70. The first-order valence-electron chi connectivity index (χ1n) is 7.70. The molecule has 1 atom stereocenters. The summed E-state index contributed by atoms with van der Waals surface area (Å²) in [7, 11) is 0. The number of imidazole rings is 1. The number of para-hydroxylation sites is 2. The summed E-state index contributed by atoms with van der Waals surface area (Å²) in [6.45, 7) is -0.159. The van der Waals surface area contributed by atoms with Gasteiger partial charge in [0.2, 0.25) is 5.95 Å². The number of aromatic nitrogens is 2. The highest BCUT2D eigenvalue weighted by Crippen LogP contribution is 2.32. The molecule has 0 spiro atoms. The lowest BCUT2D eigenvalue weighted by Gasteiger charge is -2.24. The standard InChI is InChI=1S/C17H16N6O2/c18-14(24)9-25-11-7-5-10(6-8-11)15-21-16(19)22-17-20-12-3-1-2-4-13(12)23(15)17/h1-8,15H,9H2,(H2,18,24)(H3,19,20,21,22)/t15-/m1/s1. The second-order valence-corrected chi connectivity index (χ2v) is 5.63. The van der Waals surface area contributed by atoms with E-state index in [4.69, 9.17) is 16.2 Å². The van der Waals surface area contributed by atoms with E-state index in [1.165, 1.54) is 0 Å². The molecule has 0 saturated heterocycles. The second-order valence-electron chi connectivity index (χ2n) is 5.63. The van der Waals surface area contributed by atoms with E-state index in [2.05, 4.69) is 15.3 Å². The number of nitrogens with two attached hydrogens (primary N) is 2. The van der Waals surface area contributed by atoms with Crippen molar-refractivity contribution in [1.29, 1.82) is 0 Å². The van der Waals surface area contributed by atoms with Gasteiger partial charge in [-0.15, -0.1) is 0 Å². The van der Waals surface area contributed by atoms with Crippen molar-refractivity contribution >= 4 is 28.8 Å². The maximum atomic E-state index is 10.8. The van der Waals surface area contributed by atoms with Crippen LogP contribution in [-0.2, 0) is 4.79 Å². The zero-order valence-electron chi connectivity index (χ0n) is 13.2. The molecule has 0 unspecified atom stereocenters. The highest BCUT2D eigenvalue weighted by molar-refractivity contribution is 5.94. The molecule has 0 fully saturated rings.